The van der Waals surface area contributed by atoms with E-state index in [9.17, 15) is 22.8 Å². The number of fused-ring (bicyclic) bond motifs is 1. The van der Waals surface area contributed by atoms with E-state index in [0.29, 0.717) is 5.56 Å². The van der Waals surface area contributed by atoms with E-state index in [4.69, 9.17) is 9.47 Å². The first-order chi connectivity index (χ1) is 14.3. The van der Waals surface area contributed by atoms with Crippen molar-refractivity contribution in [2.24, 2.45) is 0 Å². The first kappa shape index (κ1) is 20.9. The Bertz CT molecular complexity index is 1100. The van der Waals surface area contributed by atoms with Gasteiger partial charge in [-0.1, -0.05) is 6.07 Å². The number of aromatic nitrogens is 2. The van der Waals surface area contributed by atoms with Crippen LogP contribution >= 0.6 is 0 Å². The molecule has 2 aliphatic rings. The molecule has 1 aromatic heterocycles. The van der Waals surface area contributed by atoms with Gasteiger partial charge in [-0.25, -0.2) is 19.7 Å². The molecule has 0 saturated carbocycles. The van der Waals surface area contributed by atoms with Gasteiger partial charge < -0.3 is 14.8 Å². The maximum Gasteiger partial charge on any atom is 0.401 e. The Kier molecular flexibility index (Phi) is 4.42. The number of aryl methyl sites for hydroxylation is 1. The number of nitrogens with one attached hydrogen (secondary N) is 1. The maximum absolute atomic E-state index is 13.9. The lowest BCUT2D eigenvalue weighted by Crippen LogP contribution is -2.41. The number of amides is 3. The van der Waals surface area contributed by atoms with E-state index in [0.717, 1.165) is 18.2 Å². The lowest BCUT2D eigenvalue weighted by atomic mass is 9.82. The van der Waals surface area contributed by atoms with Gasteiger partial charge in [-0.15, -0.1) is 0 Å². The molecule has 0 aliphatic carbocycles. The molecule has 3 heterocycles. The summed E-state index contributed by atoms with van der Waals surface area (Å²) in [5.74, 6) is -0.687. The number of anilines is 1. The predicted octanol–water partition coefficient (Wildman–Crippen LogP) is 3.62. The van der Waals surface area contributed by atoms with E-state index in [2.05, 4.69) is 15.3 Å². The number of halogens is 3. The van der Waals surface area contributed by atoms with Crippen molar-refractivity contribution >= 4 is 17.8 Å². The Morgan fingerprint density at radius 1 is 1.19 bits per heavy atom. The molecule has 1 N–H and O–H groups in total. The van der Waals surface area contributed by atoms with Gasteiger partial charge in [0.1, 0.15) is 35.4 Å². The highest BCUT2D eigenvalue weighted by atomic mass is 19.4. The molecule has 0 bridgehead atoms. The van der Waals surface area contributed by atoms with Crippen molar-refractivity contribution in [3.8, 4) is 17.4 Å². The molecule has 11 heteroatoms. The lowest BCUT2D eigenvalue weighted by Gasteiger charge is -2.27. The number of imide groups is 1. The van der Waals surface area contributed by atoms with Gasteiger partial charge >= 0.3 is 12.2 Å². The minimum absolute atomic E-state index is 0.0586. The van der Waals surface area contributed by atoms with Crippen LogP contribution in [0.4, 0.5) is 23.8 Å². The molecule has 1 saturated heterocycles. The molecule has 4 rings (SSSR count). The molecule has 0 radical (unpaired) electrons. The largest absolute Gasteiger partial charge is 0.492 e. The Balaban J connectivity index is 1.73. The zero-order chi connectivity index (χ0) is 22.8. The predicted molar refractivity (Wildman–Crippen MR) is 102 cm³/mol. The van der Waals surface area contributed by atoms with Crippen LogP contribution in [0.3, 0.4) is 0 Å². The van der Waals surface area contributed by atoms with Gasteiger partial charge in [0.05, 0.1) is 5.56 Å². The third-order valence-corrected chi connectivity index (χ3v) is 5.43. The Hall–Kier alpha value is -3.37. The van der Waals surface area contributed by atoms with Gasteiger partial charge in [0.15, 0.2) is 5.82 Å². The van der Waals surface area contributed by atoms with Crippen molar-refractivity contribution < 1.29 is 32.2 Å². The van der Waals surface area contributed by atoms with Crippen molar-refractivity contribution in [1.82, 2.24) is 15.3 Å². The molecular formula is C20H19F3N4O4. The standard InChI is InChI=1S/C20H19F3N4O4/c1-10-5-6-11(14-15(10)30-8-19(14,4)20(21,22)23)31-13-7-12(24-9-25-13)27-16(28)18(2,3)26-17(27)29/h5-7,9H,8H2,1-4H3,(H,26,29). The maximum atomic E-state index is 13.9. The third kappa shape index (κ3) is 3.15. The molecule has 1 unspecified atom stereocenters. The summed E-state index contributed by atoms with van der Waals surface area (Å²) in [5.41, 5.74) is -2.97. The van der Waals surface area contributed by atoms with Crippen LogP contribution in [0.5, 0.6) is 17.4 Å². The minimum Gasteiger partial charge on any atom is -0.492 e. The Labute approximate surface area is 175 Å². The van der Waals surface area contributed by atoms with Crippen LogP contribution in [-0.4, -0.2) is 40.2 Å². The van der Waals surface area contributed by atoms with Gasteiger partial charge in [0.2, 0.25) is 5.88 Å². The monoisotopic (exact) mass is 436 g/mol. The van der Waals surface area contributed by atoms with Crippen molar-refractivity contribution in [2.75, 3.05) is 11.5 Å². The van der Waals surface area contributed by atoms with Crippen LogP contribution in [0.25, 0.3) is 0 Å². The number of carbonyl (C=O) groups is 2. The molecule has 31 heavy (non-hydrogen) atoms. The fraction of sp³-hybridized carbons (Fsp3) is 0.400. The molecule has 1 atom stereocenters. The fourth-order valence-corrected chi connectivity index (χ4v) is 3.55. The molecule has 0 spiro atoms. The first-order valence-electron chi connectivity index (χ1n) is 9.35. The molecule has 2 aromatic rings. The summed E-state index contributed by atoms with van der Waals surface area (Å²) in [5, 5.41) is 2.52. The summed E-state index contributed by atoms with van der Waals surface area (Å²) in [7, 11) is 0. The highest BCUT2D eigenvalue weighted by Gasteiger charge is 2.59. The number of benzene rings is 1. The van der Waals surface area contributed by atoms with E-state index >= 15 is 0 Å². The zero-order valence-corrected chi connectivity index (χ0v) is 17.1. The van der Waals surface area contributed by atoms with Crippen LogP contribution in [0.2, 0.25) is 0 Å². The normalized spacial score (nSPS) is 22.2. The van der Waals surface area contributed by atoms with E-state index in [1.165, 1.54) is 12.1 Å². The SMILES string of the molecule is Cc1ccc(Oc2cc(N3C(=O)NC(C)(C)C3=O)ncn2)c2c1OCC2(C)C(F)(F)F. The fourth-order valence-electron chi connectivity index (χ4n) is 3.55. The number of nitrogens with zero attached hydrogens (tertiary/aromatic N) is 3. The molecule has 3 amide bonds. The summed E-state index contributed by atoms with van der Waals surface area (Å²) >= 11 is 0. The Morgan fingerprint density at radius 3 is 2.52 bits per heavy atom. The van der Waals surface area contributed by atoms with Gasteiger partial charge in [0, 0.05) is 6.07 Å². The lowest BCUT2D eigenvalue weighted by molar-refractivity contribution is -0.187. The third-order valence-electron chi connectivity index (χ3n) is 5.43. The van der Waals surface area contributed by atoms with Crippen LogP contribution in [0.1, 0.15) is 31.9 Å². The second kappa shape index (κ2) is 6.56. The second-order valence-corrected chi connectivity index (χ2v) is 8.22. The van der Waals surface area contributed by atoms with Crippen molar-refractivity contribution in [3.63, 3.8) is 0 Å². The zero-order valence-electron chi connectivity index (χ0n) is 17.1. The summed E-state index contributed by atoms with van der Waals surface area (Å²) in [6.07, 6.45) is -3.52. The number of ether oxygens (including phenoxy) is 2. The highest BCUT2D eigenvalue weighted by molar-refractivity contribution is 6.22. The average molecular weight is 436 g/mol. The van der Waals surface area contributed by atoms with Crippen molar-refractivity contribution in [1.29, 1.82) is 0 Å². The van der Waals surface area contributed by atoms with Gasteiger partial charge in [-0.3, -0.25) is 4.79 Å². The molecule has 1 fully saturated rings. The molecule has 164 valence electrons. The number of hydrogen-bond acceptors (Lipinski definition) is 6. The van der Waals surface area contributed by atoms with Gasteiger partial charge in [-0.2, -0.15) is 13.2 Å². The van der Waals surface area contributed by atoms with Crippen LogP contribution in [0, 0.1) is 6.92 Å². The van der Waals surface area contributed by atoms with E-state index < -0.39 is 35.7 Å². The van der Waals surface area contributed by atoms with Crippen LogP contribution in [0.15, 0.2) is 24.5 Å². The summed E-state index contributed by atoms with van der Waals surface area (Å²) < 4.78 is 52.6. The first-order valence-corrected chi connectivity index (χ1v) is 9.35. The number of hydrogen-bond donors (Lipinski definition) is 1. The Morgan fingerprint density at radius 2 is 1.90 bits per heavy atom. The topological polar surface area (TPSA) is 93.7 Å². The second-order valence-electron chi connectivity index (χ2n) is 8.22. The quantitative estimate of drug-likeness (QED) is 0.739. The molecule has 8 nitrogen and oxygen atoms in total. The smallest absolute Gasteiger partial charge is 0.401 e. The molecular weight excluding hydrogens is 417 g/mol. The number of carbonyl (C=O) groups excluding carboxylic acids is 2. The number of rotatable bonds is 3. The number of alkyl halides is 3. The summed E-state index contributed by atoms with van der Waals surface area (Å²) in [6.45, 7) is 5.21. The molecule has 1 aromatic carbocycles. The minimum atomic E-state index is -4.58. The van der Waals surface area contributed by atoms with Gasteiger partial charge in [0.25, 0.3) is 5.91 Å². The van der Waals surface area contributed by atoms with Crippen LogP contribution < -0.4 is 19.7 Å². The summed E-state index contributed by atoms with van der Waals surface area (Å²) in [6, 6.07) is 3.53. The van der Waals surface area contributed by atoms with Gasteiger partial charge in [-0.05, 0) is 39.3 Å². The van der Waals surface area contributed by atoms with Crippen LogP contribution in [-0.2, 0) is 10.2 Å². The average Bonchev–Trinajstić information content (AvgIpc) is 3.13. The van der Waals surface area contributed by atoms with E-state index in [1.807, 2.05) is 0 Å². The number of urea groups is 1. The highest BCUT2D eigenvalue weighted by Crippen LogP contribution is 2.54. The van der Waals surface area contributed by atoms with E-state index in [1.54, 1.807) is 26.8 Å². The van der Waals surface area contributed by atoms with Crippen molar-refractivity contribution in [2.45, 2.75) is 44.8 Å². The van der Waals surface area contributed by atoms with E-state index in [-0.39, 0.29) is 28.8 Å². The molecule has 2 aliphatic heterocycles. The summed E-state index contributed by atoms with van der Waals surface area (Å²) in [4.78, 5) is 33.4. The van der Waals surface area contributed by atoms with Crippen molar-refractivity contribution in [3.05, 3.63) is 35.7 Å².